The molecule has 5 nitrogen and oxygen atoms in total. The summed E-state index contributed by atoms with van der Waals surface area (Å²) in [4.78, 5) is 14.8. The van der Waals surface area contributed by atoms with E-state index in [1.54, 1.807) is 18.4 Å². The van der Waals surface area contributed by atoms with Crippen molar-refractivity contribution in [1.82, 2.24) is 10.2 Å². The van der Waals surface area contributed by atoms with E-state index in [1.807, 2.05) is 43.7 Å². The predicted molar refractivity (Wildman–Crippen MR) is 100 cm³/mol. The van der Waals surface area contributed by atoms with Gasteiger partial charge in [0.2, 0.25) is 0 Å². The number of benzene rings is 1. The second-order valence-electron chi connectivity index (χ2n) is 6.09. The van der Waals surface area contributed by atoms with Crippen LogP contribution in [-0.2, 0) is 11.3 Å². The zero-order valence-corrected chi connectivity index (χ0v) is 15.4. The number of likely N-dealkylation sites (N-methyl/N-ethyl adjacent to an activating group) is 1. The number of thiophene rings is 1. The number of carbonyl (C=O) groups is 1. The molecular weight excluding hydrogens is 336 g/mol. The van der Waals surface area contributed by atoms with Crippen LogP contribution in [0.2, 0.25) is 0 Å². The molecule has 0 fully saturated rings. The number of ether oxygens (including phenoxy) is 1. The third-order valence-corrected chi connectivity index (χ3v) is 4.90. The minimum Gasteiger partial charge on any atom is -0.451 e. The van der Waals surface area contributed by atoms with E-state index in [1.165, 1.54) is 5.56 Å². The molecule has 0 unspecified atom stereocenters. The Kier molecular flexibility index (Phi) is 5.53. The Balaban J connectivity index is 1.81. The fourth-order valence-corrected chi connectivity index (χ4v) is 3.61. The van der Waals surface area contributed by atoms with E-state index in [4.69, 9.17) is 9.15 Å². The van der Waals surface area contributed by atoms with Crippen molar-refractivity contribution in [3.05, 3.63) is 58.0 Å². The van der Waals surface area contributed by atoms with Crippen LogP contribution < -0.4 is 5.32 Å². The Morgan fingerprint density at radius 3 is 2.80 bits per heavy atom. The van der Waals surface area contributed by atoms with Crippen LogP contribution >= 0.6 is 11.3 Å². The minimum absolute atomic E-state index is 0.116. The molecule has 0 bridgehead atoms. The summed E-state index contributed by atoms with van der Waals surface area (Å²) >= 11 is 1.65. The van der Waals surface area contributed by atoms with Crippen molar-refractivity contribution in [2.24, 2.45) is 0 Å². The number of hydrogen-bond donors (Lipinski definition) is 1. The van der Waals surface area contributed by atoms with Gasteiger partial charge in [0.1, 0.15) is 5.58 Å². The SMILES string of the molecule is COCc1c(C(=O)NC[C@@H](c2ccsc2)N(C)C)oc2ccccc12. The molecule has 6 heteroatoms. The molecule has 0 saturated heterocycles. The maximum absolute atomic E-state index is 12.7. The van der Waals surface area contributed by atoms with E-state index in [0.717, 1.165) is 10.9 Å². The first kappa shape index (κ1) is 17.7. The molecular formula is C19H22N2O3S. The highest BCUT2D eigenvalue weighted by atomic mass is 32.1. The van der Waals surface area contributed by atoms with Crippen molar-refractivity contribution < 1.29 is 13.9 Å². The Morgan fingerprint density at radius 1 is 1.32 bits per heavy atom. The smallest absolute Gasteiger partial charge is 0.287 e. The summed E-state index contributed by atoms with van der Waals surface area (Å²) in [5, 5.41) is 8.07. The van der Waals surface area contributed by atoms with Gasteiger partial charge in [0.15, 0.2) is 5.76 Å². The molecule has 0 radical (unpaired) electrons. The first-order chi connectivity index (χ1) is 12.1. The van der Waals surface area contributed by atoms with Gasteiger partial charge in [0, 0.05) is 24.6 Å². The number of fused-ring (bicyclic) bond motifs is 1. The van der Waals surface area contributed by atoms with Gasteiger partial charge in [-0.3, -0.25) is 4.79 Å². The van der Waals surface area contributed by atoms with Crippen molar-refractivity contribution in [3.63, 3.8) is 0 Å². The zero-order chi connectivity index (χ0) is 17.8. The van der Waals surface area contributed by atoms with Crippen molar-refractivity contribution in [2.45, 2.75) is 12.6 Å². The quantitative estimate of drug-likeness (QED) is 0.700. The molecule has 3 rings (SSSR count). The van der Waals surface area contributed by atoms with Gasteiger partial charge in [-0.2, -0.15) is 11.3 Å². The highest BCUT2D eigenvalue weighted by molar-refractivity contribution is 7.07. The van der Waals surface area contributed by atoms with E-state index in [2.05, 4.69) is 21.7 Å². The fourth-order valence-electron chi connectivity index (χ4n) is 2.90. The number of methoxy groups -OCH3 is 1. The Morgan fingerprint density at radius 2 is 2.12 bits per heavy atom. The van der Waals surface area contributed by atoms with Crippen molar-refractivity contribution in [2.75, 3.05) is 27.7 Å². The van der Waals surface area contributed by atoms with Gasteiger partial charge in [-0.25, -0.2) is 0 Å². The average molecular weight is 358 g/mol. The Hall–Kier alpha value is -2.15. The van der Waals surface area contributed by atoms with E-state index in [-0.39, 0.29) is 11.9 Å². The highest BCUT2D eigenvalue weighted by Crippen LogP contribution is 2.27. The van der Waals surface area contributed by atoms with Crippen molar-refractivity contribution in [1.29, 1.82) is 0 Å². The van der Waals surface area contributed by atoms with Crippen molar-refractivity contribution >= 4 is 28.2 Å². The first-order valence-electron chi connectivity index (χ1n) is 8.08. The van der Waals surface area contributed by atoms with E-state index in [9.17, 15) is 4.79 Å². The summed E-state index contributed by atoms with van der Waals surface area (Å²) in [5.41, 5.74) is 2.67. The standard InChI is InChI=1S/C19H22N2O3S/c1-21(2)16(13-8-9-25-12-13)10-20-19(22)18-15(11-23-3)14-6-4-5-7-17(14)24-18/h4-9,12,16H,10-11H2,1-3H3,(H,20,22)/t16-/m0/s1. The molecule has 0 aliphatic carbocycles. The summed E-state index contributed by atoms with van der Waals surface area (Å²) in [6.07, 6.45) is 0. The van der Waals surface area contributed by atoms with E-state index >= 15 is 0 Å². The third-order valence-electron chi connectivity index (χ3n) is 4.20. The van der Waals surface area contributed by atoms with Crippen LogP contribution in [0, 0.1) is 0 Å². The van der Waals surface area contributed by atoms with Crippen LogP contribution in [0.25, 0.3) is 11.0 Å². The number of amides is 1. The second-order valence-corrected chi connectivity index (χ2v) is 6.87. The van der Waals surface area contributed by atoms with Crippen LogP contribution in [0.5, 0.6) is 0 Å². The predicted octanol–water partition coefficient (Wildman–Crippen LogP) is 3.67. The number of carbonyl (C=O) groups excluding carboxylic acids is 1. The molecule has 0 aliphatic rings. The third kappa shape index (κ3) is 3.76. The first-order valence-corrected chi connectivity index (χ1v) is 9.02. The van der Waals surface area contributed by atoms with Crippen molar-refractivity contribution in [3.8, 4) is 0 Å². The lowest BCUT2D eigenvalue weighted by atomic mass is 10.1. The molecule has 2 aromatic heterocycles. The van der Waals surface area contributed by atoms with Crippen LogP contribution in [0.4, 0.5) is 0 Å². The van der Waals surface area contributed by atoms with Crippen LogP contribution in [0.3, 0.4) is 0 Å². The minimum atomic E-state index is -0.217. The summed E-state index contributed by atoms with van der Waals surface area (Å²) in [5.74, 6) is 0.108. The number of nitrogens with zero attached hydrogens (tertiary/aromatic N) is 1. The molecule has 0 spiro atoms. The highest BCUT2D eigenvalue weighted by Gasteiger charge is 2.22. The molecule has 2 heterocycles. The van der Waals surface area contributed by atoms with Gasteiger partial charge in [0.25, 0.3) is 5.91 Å². The number of furan rings is 1. The molecule has 1 N–H and O–H groups in total. The molecule has 3 aromatic rings. The normalized spacial score (nSPS) is 12.6. The lowest BCUT2D eigenvalue weighted by molar-refractivity contribution is 0.0909. The number of nitrogens with one attached hydrogen (secondary N) is 1. The van der Waals surface area contributed by atoms with Gasteiger partial charge in [-0.1, -0.05) is 18.2 Å². The average Bonchev–Trinajstić information content (AvgIpc) is 3.24. The Bertz CT molecular complexity index is 840. The van der Waals surface area contributed by atoms with Crippen LogP contribution in [0.1, 0.15) is 27.7 Å². The van der Waals surface area contributed by atoms with Gasteiger partial charge < -0.3 is 19.4 Å². The van der Waals surface area contributed by atoms with E-state index in [0.29, 0.717) is 24.5 Å². The molecule has 25 heavy (non-hydrogen) atoms. The van der Waals surface area contributed by atoms with Crippen LogP contribution in [-0.4, -0.2) is 38.6 Å². The van der Waals surface area contributed by atoms with Gasteiger partial charge in [-0.05, 0) is 42.6 Å². The summed E-state index contributed by atoms with van der Waals surface area (Å²) in [6.45, 7) is 0.841. The summed E-state index contributed by atoms with van der Waals surface area (Å²) < 4.78 is 11.1. The molecule has 132 valence electrons. The van der Waals surface area contributed by atoms with Crippen LogP contribution in [0.15, 0.2) is 45.5 Å². The molecule has 0 saturated carbocycles. The van der Waals surface area contributed by atoms with Gasteiger partial charge in [0.05, 0.1) is 12.6 Å². The maximum Gasteiger partial charge on any atom is 0.287 e. The zero-order valence-electron chi connectivity index (χ0n) is 14.6. The topological polar surface area (TPSA) is 54.7 Å². The second kappa shape index (κ2) is 7.82. The number of para-hydroxylation sites is 1. The lowest BCUT2D eigenvalue weighted by Gasteiger charge is -2.23. The van der Waals surface area contributed by atoms with E-state index < -0.39 is 0 Å². The summed E-state index contributed by atoms with van der Waals surface area (Å²) in [6, 6.07) is 9.82. The summed E-state index contributed by atoms with van der Waals surface area (Å²) in [7, 11) is 5.63. The lowest BCUT2D eigenvalue weighted by Crippen LogP contribution is -2.34. The van der Waals surface area contributed by atoms with Gasteiger partial charge in [-0.15, -0.1) is 0 Å². The monoisotopic (exact) mass is 358 g/mol. The fraction of sp³-hybridized carbons (Fsp3) is 0.316. The molecule has 0 aliphatic heterocycles. The molecule has 1 atom stereocenters. The number of hydrogen-bond acceptors (Lipinski definition) is 5. The molecule has 1 amide bonds. The van der Waals surface area contributed by atoms with Gasteiger partial charge >= 0.3 is 0 Å². The largest absolute Gasteiger partial charge is 0.451 e. The number of rotatable bonds is 7. The molecule has 1 aromatic carbocycles. The Labute approximate surface area is 151 Å². The maximum atomic E-state index is 12.7.